The number of hydrogen-bond acceptors (Lipinski definition) is 5. The van der Waals surface area contributed by atoms with Crippen molar-refractivity contribution in [2.75, 3.05) is 20.2 Å². The maximum absolute atomic E-state index is 12.5. The molecule has 6 heteroatoms. The van der Waals surface area contributed by atoms with Crippen LogP contribution in [0.3, 0.4) is 0 Å². The molecule has 0 aromatic carbocycles. The summed E-state index contributed by atoms with van der Waals surface area (Å²) >= 11 is 0. The van der Waals surface area contributed by atoms with Gasteiger partial charge in [0.25, 0.3) is 0 Å². The highest BCUT2D eigenvalue weighted by molar-refractivity contribution is 5.78. The summed E-state index contributed by atoms with van der Waals surface area (Å²) in [4.78, 5) is 23.1. The molecule has 0 aliphatic carbocycles. The third-order valence-electron chi connectivity index (χ3n) is 4.48. The predicted octanol–water partition coefficient (Wildman–Crippen LogP) is 2.01. The minimum Gasteiger partial charge on any atom is -0.495 e. The van der Waals surface area contributed by atoms with Crippen LogP contribution < -0.4 is 10.1 Å². The van der Waals surface area contributed by atoms with Gasteiger partial charge in [-0.05, 0) is 42.6 Å². The number of rotatable bonds is 6. The summed E-state index contributed by atoms with van der Waals surface area (Å²) in [5, 5.41) is 3.03. The first-order valence-electron chi connectivity index (χ1n) is 8.61. The van der Waals surface area contributed by atoms with Crippen molar-refractivity contribution in [3.8, 4) is 5.75 Å². The average Bonchev–Trinajstić information content (AvgIpc) is 2.67. The molecule has 0 bridgehead atoms. The number of likely N-dealkylation sites (tertiary alicyclic amines) is 1. The maximum Gasteiger partial charge on any atom is 0.224 e. The van der Waals surface area contributed by atoms with Crippen molar-refractivity contribution in [2.45, 2.75) is 25.9 Å². The molecule has 1 N–H and O–H groups in total. The zero-order valence-corrected chi connectivity index (χ0v) is 14.5. The Balaban J connectivity index is 1.51. The minimum atomic E-state index is 0.0315. The number of aromatic nitrogens is 2. The Morgan fingerprint density at radius 3 is 3.00 bits per heavy atom. The molecule has 1 amide bonds. The first kappa shape index (κ1) is 17.4. The molecule has 1 fully saturated rings. The largest absolute Gasteiger partial charge is 0.495 e. The van der Waals surface area contributed by atoms with Crippen molar-refractivity contribution in [3.05, 3.63) is 54.1 Å². The summed E-state index contributed by atoms with van der Waals surface area (Å²) in [6.45, 7) is 3.13. The lowest BCUT2D eigenvalue weighted by Gasteiger charge is -2.31. The summed E-state index contributed by atoms with van der Waals surface area (Å²) in [7, 11) is 1.61. The lowest BCUT2D eigenvalue weighted by molar-refractivity contribution is -0.126. The van der Waals surface area contributed by atoms with Crippen LogP contribution in [-0.4, -0.2) is 41.0 Å². The fourth-order valence-electron chi connectivity index (χ4n) is 3.17. The van der Waals surface area contributed by atoms with E-state index in [4.69, 9.17) is 4.74 Å². The van der Waals surface area contributed by atoms with Gasteiger partial charge >= 0.3 is 0 Å². The summed E-state index contributed by atoms with van der Waals surface area (Å²) < 4.78 is 5.16. The van der Waals surface area contributed by atoms with E-state index in [0.29, 0.717) is 12.3 Å². The van der Waals surface area contributed by atoms with Gasteiger partial charge in [-0.15, -0.1) is 0 Å². The highest BCUT2D eigenvalue weighted by atomic mass is 16.5. The van der Waals surface area contributed by atoms with E-state index in [-0.39, 0.29) is 11.8 Å². The van der Waals surface area contributed by atoms with Gasteiger partial charge in [0.2, 0.25) is 5.91 Å². The molecule has 1 aliphatic heterocycles. The number of carbonyl (C=O) groups excluding carboxylic acids is 1. The Morgan fingerprint density at radius 2 is 2.20 bits per heavy atom. The van der Waals surface area contributed by atoms with Crippen LogP contribution in [0.25, 0.3) is 0 Å². The summed E-state index contributed by atoms with van der Waals surface area (Å²) in [5.74, 6) is 0.842. The standard InChI is InChI=1S/C19H24N4O2/c1-25-18-8-16(10-21-12-18)11-22-19(24)17-5-3-7-23(14-17)13-15-4-2-6-20-9-15/h2,4,6,8-10,12,17H,3,5,7,11,13-14H2,1H3,(H,22,24). The lowest BCUT2D eigenvalue weighted by atomic mass is 9.96. The van der Waals surface area contributed by atoms with Gasteiger partial charge in [-0.25, -0.2) is 0 Å². The van der Waals surface area contributed by atoms with Crippen LogP contribution in [0.5, 0.6) is 5.75 Å². The van der Waals surface area contributed by atoms with E-state index in [9.17, 15) is 4.79 Å². The Kier molecular flexibility index (Phi) is 5.95. The number of pyridine rings is 2. The molecule has 0 saturated carbocycles. The van der Waals surface area contributed by atoms with E-state index in [1.807, 2.05) is 18.3 Å². The molecule has 3 rings (SSSR count). The molecule has 132 valence electrons. The van der Waals surface area contributed by atoms with E-state index in [2.05, 4.69) is 26.3 Å². The summed E-state index contributed by atoms with van der Waals surface area (Å²) in [6.07, 6.45) is 9.05. The molecule has 3 heterocycles. The van der Waals surface area contributed by atoms with Crippen LogP contribution in [0.2, 0.25) is 0 Å². The van der Waals surface area contributed by atoms with Crippen LogP contribution in [0, 0.1) is 5.92 Å². The topological polar surface area (TPSA) is 67.3 Å². The van der Waals surface area contributed by atoms with Crippen molar-refractivity contribution in [1.82, 2.24) is 20.2 Å². The number of piperidine rings is 1. The van der Waals surface area contributed by atoms with Crippen molar-refractivity contribution in [2.24, 2.45) is 5.92 Å². The molecule has 1 aliphatic rings. The van der Waals surface area contributed by atoms with Gasteiger partial charge < -0.3 is 10.1 Å². The van der Waals surface area contributed by atoms with Crippen molar-refractivity contribution in [3.63, 3.8) is 0 Å². The van der Waals surface area contributed by atoms with E-state index in [1.165, 1.54) is 5.56 Å². The van der Waals surface area contributed by atoms with Crippen LogP contribution in [0.15, 0.2) is 43.0 Å². The van der Waals surface area contributed by atoms with Crippen molar-refractivity contribution in [1.29, 1.82) is 0 Å². The molecular formula is C19H24N4O2. The van der Waals surface area contributed by atoms with Crippen LogP contribution in [0.1, 0.15) is 24.0 Å². The van der Waals surface area contributed by atoms with Crippen molar-refractivity contribution < 1.29 is 9.53 Å². The quantitative estimate of drug-likeness (QED) is 0.871. The number of hydrogen-bond donors (Lipinski definition) is 1. The second-order valence-electron chi connectivity index (χ2n) is 6.39. The number of nitrogens with zero attached hydrogens (tertiary/aromatic N) is 3. The van der Waals surface area contributed by atoms with Crippen LogP contribution in [0.4, 0.5) is 0 Å². The van der Waals surface area contributed by atoms with Crippen molar-refractivity contribution >= 4 is 5.91 Å². The van der Waals surface area contributed by atoms with Crippen LogP contribution >= 0.6 is 0 Å². The highest BCUT2D eigenvalue weighted by Gasteiger charge is 2.25. The molecule has 6 nitrogen and oxygen atoms in total. The highest BCUT2D eigenvalue weighted by Crippen LogP contribution is 2.19. The molecule has 25 heavy (non-hydrogen) atoms. The number of nitrogens with one attached hydrogen (secondary N) is 1. The van der Waals surface area contributed by atoms with E-state index in [0.717, 1.165) is 38.0 Å². The fraction of sp³-hybridized carbons (Fsp3) is 0.421. The monoisotopic (exact) mass is 340 g/mol. The van der Waals surface area contributed by atoms with Gasteiger partial charge in [-0.1, -0.05) is 6.07 Å². The third-order valence-corrected chi connectivity index (χ3v) is 4.48. The molecule has 2 aromatic heterocycles. The Bertz CT molecular complexity index is 693. The number of ether oxygens (including phenoxy) is 1. The number of amides is 1. The molecule has 2 aromatic rings. The zero-order valence-electron chi connectivity index (χ0n) is 14.5. The lowest BCUT2D eigenvalue weighted by Crippen LogP contribution is -2.42. The van der Waals surface area contributed by atoms with Gasteiger partial charge in [0.1, 0.15) is 5.75 Å². The van der Waals surface area contributed by atoms with Gasteiger partial charge in [0, 0.05) is 38.2 Å². The van der Waals surface area contributed by atoms with Gasteiger partial charge in [0.05, 0.1) is 19.2 Å². The number of carbonyl (C=O) groups is 1. The molecule has 1 saturated heterocycles. The summed E-state index contributed by atoms with van der Waals surface area (Å²) in [6, 6.07) is 5.92. The molecule has 1 atom stereocenters. The fourth-order valence-corrected chi connectivity index (χ4v) is 3.17. The SMILES string of the molecule is COc1cncc(CNC(=O)C2CCCN(Cc3cccnc3)C2)c1. The second kappa shape index (κ2) is 8.58. The van der Waals surface area contributed by atoms with Gasteiger partial charge in [-0.3, -0.25) is 19.7 Å². The minimum absolute atomic E-state index is 0.0315. The smallest absolute Gasteiger partial charge is 0.224 e. The second-order valence-corrected chi connectivity index (χ2v) is 6.39. The zero-order chi connectivity index (χ0) is 17.5. The van der Waals surface area contributed by atoms with E-state index >= 15 is 0 Å². The van der Waals surface area contributed by atoms with Gasteiger partial charge in [0.15, 0.2) is 0 Å². The summed E-state index contributed by atoms with van der Waals surface area (Å²) in [5.41, 5.74) is 2.13. The normalized spacial score (nSPS) is 17.9. The third kappa shape index (κ3) is 5.00. The molecule has 0 spiro atoms. The Labute approximate surface area is 148 Å². The Morgan fingerprint density at radius 1 is 1.32 bits per heavy atom. The van der Waals surface area contributed by atoms with Crippen LogP contribution in [-0.2, 0) is 17.9 Å². The number of methoxy groups -OCH3 is 1. The Hall–Kier alpha value is -2.47. The maximum atomic E-state index is 12.5. The first-order valence-corrected chi connectivity index (χ1v) is 8.61. The molecule has 1 unspecified atom stereocenters. The van der Waals surface area contributed by atoms with E-state index < -0.39 is 0 Å². The average molecular weight is 340 g/mol. The first-order chi connectivity index (χ1) is 12.2. The molecule has 0 radical (unpaired) electrons. The van der Waals surface area contributed by atoms with E-state index in [1.54, 1.807) is 25.7 Å². The molecular weight excluding hydrogens is 316 g/mol. The van der Waals surface area contributed by atoms with Gasteiger partial charge in [-0.2, -0.15) is 0 Å². The predicted molar refractivity (Wildman–Crippen MR) is 94.9 cm³/mol.